The lowest BCUT2D eigenvalue weighted by atomic mass is 9.92. The summed E-state index contributed by atoms with van der Waals surface area (Å²) in [6.07, 6.45) is 5.44. The van der Waals surface area contributed by atoms with Gasteiger partial charge in [-0.25, -0.2) is 0 Å². The Morgan fingerprint density at radius 2 is 1.50 bits per heavy atom. The van der Waals surface area contributed by atoms with Crippen LogP contribution in [0.3, 0.4) is 0 Å². The highest BCUT2D eigenvalue weighted by Crippen LogP contribution is 2.18. The van der Waals surface area contributed by atoms with Crippen LogP contribution in [0.1, 0.15) is 60.3 Å². The van der Waals surface area contributed by atoms with Crippen LogP contribution in [0.25, 0.3) is 0 Å². The number of hydrogen-bond acceptors (Lipinski definition) is 1. The molecule has 0 amide bonds. The molecule has 0 aliphatic rings. The van der Waals surface area contributed by atoms with Gasteiger partial charge in [0.1, 0.15) is 0 Å². The largest absolute Gasteiger partial charge is 0.315 e. The number of nitrogens with one attached hydrogen (secondary N) is 1. The van der Waals surface area contributed by atoms with E-state index in [-0.39, 0.29) is 0 Å². The molecule has 0 aliphatic heterocycles. The van der Waals surface area contributed by atoms with Gasteiger partial charge in [-0.05, 0) is 31.2 Å². The van der Waals surface area contributed by atoms with Gasteiger partial charge in [0.15, 0.2) is 0 Å². The van der Waals surface area contributed by atoms with Gasteiger partial charge in [0.05, 0.1) is 0 Å². The Balaban J connectivity index is 3.39. The summed E-state index contributed by atoms with van der Waals surface area (Å²) in [7, 11) is 0. The third-order valence-electron chi connectivity index (χ3n) is 2.78. The molecule has 2 unspecified atom stereocenters. The Labute approximate surface area is 90.7 Å². The third kappa shape index (κ3) is 8.55. The highest BCUT2D eigenvalue weighted by molar-refractivity contribution is 4.62. The minimum atomic E-state index is 0.635. The van der Waals surface area contributed by atoms with Gasteiger partial charge in [-0.2, -0.15) is 0 Å². The van der Waals surface area contributed by atoms with E-state index in [1.54, 1.807) is 0 Å². The van der Waals surface area contributed by atoms with E-state index in [1.807, 2.05) is 0 Å². The zero-order valence-corrected chi connectivity index (χ0v) is 10.8. The van der Waals surface area contributed by atoms with E-state index in [4.69, 9.17) is 0 Å². The first-order chi connectivity index (χ1) is 6.56. The summed E-state index contributed by atoms with van der Waals surface area (Å²) in [5.41, 5.74) is 0. The topological polar surface area (TPSA) is 12.0 Å². The summed E-state index contributed by atoms with van der Waals surface area (Å²) in [6, 6.07) is 0.635. The molecular formula is C13H29N. The Bertz CT molecular complexity index is 120. The van der Waals surface area contributed by atoms with Crippen LogP contribution in [-0.4, -0.2) is 12.6 Å². The summed E-state index contributed by atoms with van der Waals surface area (Å²) >= 11 is 0. The second-order valence-corrected chi connectivity index (χ2v) is 5.13. The van der Waals surface area contributed by atoms with Crippen molar-refractivity contribution in [2.45, 2.75) is 66.3 Å². The number of hydrogen-bond donors (Lipinski definition) is 1. The molecule has 0 aromatic carbocycles. The molecule has 0 bridgehead atoms. The SMILES string of the molecule is CCCC(C)CC(C)CCNC(C)C. The molecule has 0 rings (SSSR count). The van der Waals surface area contributed by atoms with Crippen LogP contribution < -0.4 is 5.32 Å². The average Bonchev–Trinajstić information content (AvgIpc) is 2.03. The summed E-state index contributed by atoms with van der Waals surface area (Å²) in [5.74, 6) is 1.79. The van der Waals surface area contributed by atoms with Crippen LogP contribution in [0.5, 0.6) is 0 Å². The summed E-state index contributed by atoms with van der Waals surface area (Å²) in [6.45, 7) is 12.7. The Morgan fingerprint density at radius 1 is 0.929 bits per heavy atom. The van der Waals surface area contributed by atoms with Crippen molar-refractivity contribution in [3.63, 3.8) is 0 Å². The van der Waals surface area contributed by atoms with Crippen LogP contribution >= 0.6 is 0 Å². The molecule has 1 nitrogen and oxygen atoms in total. The van der Waals surface area contributed by atoms with Gasteiger partial charge in [-0.3, -0.25) is 0 Å². The first kappa shape index (κ1) is 14.0. The Kier molecular flexibility index (Phi) is 8.26. The maximum atomic E-state index is 3.48. The van der Waals surface area contributed by atoms with Gasteiger partial charge < -0.3 is 5.32 Å². The quantitative estimate of drug-likeness (QED) is 0.626. The van der Waals surface area contributed by atoms with Crippen molar-refractivity contribution < 1.29 is 0 Å². The molecule has 14 heavy (non-hydrogen) atoms. The van der Waals surface area contributed by atoms with Gasteiger partial charge in [0.2, 0.25) is 0 Å². The third-order valence-corrected chi connectivity index (χ3v) is 2.78. The maximum Gasteiger partial charge on any atom is 0.00103 e. The first-order valence-corrected chi connectivity index (χ1v) is 6.29. The fraction of sp³-hybridized carbons (Fsp3) is 1.00. The zero-order chi connectivity index (χ0) is 11.0. The van der Waals surface area contributed by atoms with Crippen molar-refractivity contribution in [1.29, 1.82) is 0 Å². The van der Waals surface area contributed by atoms with Gasteiger partial charge >= 0.3 is 0 Å². The molecule has 0 aromatic rings. The molecule has 0 saturated carbocycles. The molecule has 2 atom stereocenters. The summed E-state index contributed by atoms with van der Waals surface area (Å²) in [5, 5.41) is 3.48. The Morgan fingerprint density at radius 3 is 2.00 bits per heavy atom. The van der Waals surface area contributed by atoms with Crippen LogP contribution in [-0.2, 0) is 0 Å². The zero-order valence-electron chi connectivity index (χ0n) is 10.8. The van der Waals surface area contributed by atoms with Crippen LogP contribution in [0.15, 0.2) is 0 Å². The van der Waals surface area contributed by atoms with E-state index in [1.165, 1.54) is 32.2 Å². The fourth-order valence-electron chi connectivity index (χ4n) is 2.03. The van der Waals surface area contributed by atoms with E-state index >= 15 is 0 Å². The van der Waals surface area contributed by atoms with E-state index in [0.29, 0.717) is 6.04 Å². The smallest absolute Gasteiger partial charge is 0.00103 e. The molecule has 0 radical (unpaired) electrons. The van der Waals surface area contributed by atoms with Gasteiger partial charge in [-0.1, -0.05) is 47.5 Å². The lowest BCUT2D eigenvalue weighted by Gasteiger charge is -2.17. The molecule has 0 heterocycles. The molecule has 0 fully saturated rings. The molecule has 0 aromatic heterocycles. The molecule has 86 valence electrons. The van der Waals surface area contributed by atoms with Crippen LogP contribution in [0.4, 0.5) is 0 Å². The lowest BCUT2D eigenvalue weighted by Crippen LogP contribution is -2.25. The minimum absolute atomic E-state index is 0.635. The predicted octanol–water partition coefficient (Wildman–Crippen LogP) is 3.84. The maximum absolute atomic E-state index is 3.48. The van der Waals surface area contributed by atoms with Crippen molar-refractivity contribution in [2.75, 3.05) is 6.54 Å². The minimum Gasteiger partial charge on any atom is -0.315 e. The van der Waals surface area contributed by atoms with Crippen molar-refractivity contribution in [2.24, 2.45) is 11.8 Å². The van der Waals surface area contributed by atoms with Crippen molar-refractivity contribution in [3.05, 3.63) is 0 Å². The van der Waals surface area contributed by atoms with E-state index in [2.05, 4.69) is 39.9 Å². The lowest BCUT2D eigenvalue weighted by molar-refractivity contribution is 0.366. The van der Waals surface area contributed by atoms with Gasteiger partial charge in [0.25, 0.3) is 0 Å². The second-order valence-electron chi connectivity index (χ2n) is 5.13. The van der Waals surface area contributed by atoms with Crippen LogP contribution in [0.2, 0.25) is 0 Å². The van der Waals surface area contributed by atoms with Crippen LogP contribution in [0, 0.1) is 11.8 Å². The number of rotatable bonds is 8. The van der Waals surface area contributed by atoms with Gasteiger partial charge in [0, 0.05) is 6.04 Å². The molecule has 1 N–H and O–H groups in total. The molecule has 0 spiro atoms. The first-order valence-electron chi connectivity index (χ1n) is 6.29. The summed E-state index contributed by atoms with van der Waals surface area (Å²) < 4.78 is 0. The fourth-order valence-corrected chi connectivity index (χ4v) is 2.03. The van der Waals surface area contributed by atoms with Gasteiger partial charge in [-0.15, -0.1) is 0 Å². The van der Waals surface area contributed by atoms with E-state index in [9.17, 15) is 0 Å². The molecule has 1 heteroatoms. The normalized spacial score (nSPS) is 15.9. The average molecular weight is 199 g/mol. The highest BCUT2D eigenvalue weighted by atomic mass is 14.9. The second kappa shape index (κ2) is 8.28. The van der Waals surface area contributed by atoms with Crippen molar-refractivity contribution >= 4 is 0 Å². The summed E-state index contributed by atoms with van der Waals surface area (Å²) in [4.78, 5) is 0. The monoisotopic (exact) mass is 199 g/mol. The van der Waals surface area contributed by atoms with E-state index in [0.717, 1.165) is 11.8 Å². The molecule has 0 saturated heterocycles. The standard InChI is InChI=1S/C13H29N/c1-6-7-12(4)10-13(5)8-9-14-11(2)3/h11-14H,6-10H2,1-5H3. The molecular weight excluding hydrogens is 170 g/mol. The van der Waals surface area contributed by atoms with Crippen molar-refractivity contribution in [3.8, 4) is 0 Å². The Hall–Kier alpha value is -0.0400. The van der Waals surface area contributed by atoms with Crippen molar-refractivity contribution in [1.82, 2.24) is 5.32 Å². The molecule has 0 aliphatic carbocycles. The van der Waals surface area contributed by atoms with E-state index < -0.39 is 0 Å². The highest BCUT2D eigenvalue weighted by Gasteiger charge is 2.07. The predicted molar refractivity (Wildman–Crippen MR) is 65.6 cm³/mol.